The largest absolute Gasteiger partial charge is 0.504 e. The fraction of sp³-hybridized carbons (Fsp3) is 0.0667. The van der Waals surface area contributed by atoms with Crippen molar-refractivity contribution in [3.63, 3.8) is 0 Å². The summed E-state index contributed by atoms with van der Waals surface area (Å²) < 4.78 is 0. The molecule has 5 nitrogen and oxygen atoms in total. The predicted octanol–water partition coefficient (Wildman–Crippen LogP) is 2.83. The maximum Gasteiger partial charge on any atom is 0.273 e. The zero-order valence-corrected chi connectivity index (χ0v) is 10.8. The summed E-state index contributed by atoms with van der Waals surface area (Å²) in [5.41, 5.74) is 2.45. The number of pyridine rings is 1. The summed E-state index contributed by atoms with van der Waals surface area (Å²) in [6.07, 6.45) is 1.50. The van der Waals surface area contributed by atoms with E-state index < -0.39 is 0 Å². The van der Waals surface area contributed by atoms with Crippen LogP contribution in [-0.4, -0.2) is 21.0 Å². The summed E-state index contributed by atoms with van der Waals surface area (Å²) in [6, 6.07) is 10.8. The van der Waals surface area contributed by atoms with Crippen LogP contribution in [0.2, 0.25) is 0 Å². The molecule has 0 saturated carbocycles. The molecule has 3 N–H and O–H groups in total. The molecule has 3 aromatic rings. The number of aromatic hydroxyl groups is 1. The van der Waals surface area contributed by atoms with Gasteiger partial charge in [0, 0.05) is 17.1 Å². The Bertz CT molecular complexity index is 793. The Balaban J connectivity index is 1.91. The number of carbonyl (C=O) groups excluding carboxylic acids is 1. The summed E-state index contributed by atoms with van der Waals surface area (Å²) in [4.78, 5) is 19.1. The highest BCUT2D eigenvalue weighted by molar-refractivity contribution is 6.06. The first-order chi connectivity index (χ1) is 9.63. The van der Waals surface area contributed by atoms with E-state index in [1.54, 1.807) is 12.1 Å². The summed E-state index contributed by atoms with van der Waals surface area (Å²) in [6.45, 7) is 1.99. The number of nitrogens with zero attached hydrogens (tertiary/aromatic N) is 1. The molecular formula is C15H13N3O2. The molecule has 0 atom stereocenters. The number of aromatic amines is 1. The molecule has 5 heteroatoms. The van der Waals surface area contributed by atoms with E-state index in [9.17, 15) is 9.90 Å². The van der Waals surface area contributed by atoms with Crippen LogP contribution in [0.25, 0.3) is 10.9 Å². The van der Waals surface area contributed by atoms with E-state index >= 15 is 0 Å². The third-order valence-electron chi connectivity index (χ3n) is 3.04. The maximum atomic E-state index is 12.1. The van der Waals surface area contributed by atoms with Crippen molar-refractivity contribution in [1.29, 1.82) is 0 Å². The van der Waals surface area contributed by atoms with Crippen LogP contribution in [0.5, 0.6) is 5.75 Å². The van der Waals surface area contributed by atoms with Crippen molar-refractivity contribution in [3.05, 3.63) is 53.9 Å². The second-order valence-corrected chi connectivity index (χ2v) is 4.60. The summed E-state index contributed by atoms with van der Waals surface area (Å²) in [7, 11) is 0. The average molecular weight is 267 g/mol. The number of amides is 1. The zero-order chi connectivity index (χ0) is 14.1. The van der Waals surface area contributed by atoms with Crippen LogP contribution >= 0.6 is 0 Å². The van der Waals surface area contributed by atoms with Crippen molar-refractivity contribution in [2.75, 3.05) is 5.32 Å². The van der Waals surface area contributed by atoms with Gasteiger partial charge in [0.25, 0.3) is 5.91 Å². The van der Waals surface area contributed by atoms with Crippen LogP contribution in [0.1, 0.15) is 16.1 Å². The lowest BCUT2D eigenvalue weighted by atomic mass is 10.2. The lowest BCUT2D eigenvalue weighted by Crippen LogP contribution is -2.13. The van der Waals surface area contributed by atoms with Gasteiger partial charge in [0.15, 0.2) is 11.6 Å². The number of nitrogens with one attached hydrogen (secondary N) is 2. The Morgan fingerprint density at radius 2 is 2.15 bits per heavy atom. The highest BCUT2D eigenvalue weighted by Crippen LogP contribution is 2.21. The average Bonchev–Trinajstić information content (AvgIpc) is 2.84. The number of benzene rings is 1. The number of hydrogen-bond acceptors (Lipinski definition) is 3. The highest BCUT2D eigenvalue weighted by atomic mass is 16.3. The summed E-state index contributed by atoms with van der Waals surface area (Å²) >= 11 is 0. The van der Waals surface area contributed by atoms with Gasteiger partial charge in [-0.05, 0) is 36.8 Å². The van der Waals surface area contributed by atoms with Crippen molar-refractivity contribution >= 4 is 22.6 Å². The number of aryl methyl sites for hydroxylation is 1. The lowest BCUT2D eigenvalue weighted by molar-refractivity contribution is 0.102. The van der Waals surface area contributed by atoms with Gasteiger partial charge in [-0.3, -0.25) is 4.79 Å². The van der Waals surface area contributed by atoms with Gasteiger partial charge in [0.2, 0.25) is 0 Å². The van der Waals surface area contributed by atoms with E-state index in [1.807, 2.05) is 25.1 Å². The Hall–Kier alpha value is -2.82. The van der Waals surface area contributed by atoms with Crippen LogP contribution in [0.4, 0.5) is 5.82 Å². The van der Waals surface area contributed by atoms with E-state index in [2.05, 4.69) is 15.3 Å². The van der Waals surface area contributed by atoms with Crippen molar-refractivity contribution < 1.29 is 9.90 Å². The molecule has 1 aromatic carbocycles. The molecule has 0 saturated heterocycles. The monoisotopic (exact) mass is 267 g/mol. The first kappa shape index (κ1) is 12.2. The predicted molar refractivity (Wildman–Crippen MR) is 76.9 cm³/mol. The molecule has 0 fully saturated rings. The molecule has 0 radical (unpaired) electrons. The van der Waals surface area contributed by atoms with Gasteiger partial charge in [-0.15, -0.1) is 0 Å². The molecular weight excluding hydrogens is 254 g/mol. The quantitative estimate of drug-likeness (QED) is 0.668. The zero-order valence-electron chi connectivity index (χ0n) is 10.8. The van der Waals surface area contributed by atoms with E-state index in [4.69, 9.17) is 0 Å². The first-order valence-corrected chi connectivity index (χ1v) is 6.18. The van der Waals surface area contributed by atoms with Crippen LogP contribution in [0, 0.1) is 6.92 Å². The Morgan fingerprint density at radius 1 is 1.30 bits per heavy atom. The summed E-state index contributed by atoms with van der Waals surface area (Å²) in [5, 5.41) is 13.1. The molecule has 0 unspecified atom stereocenters. The molecule has 1 amide bonds. The van der Waals surface area contributed by atoms with E-state index in [0.717, 1.165) is 16.5 Å². The van der Waals surface area contributed by atoms with E-state index in [0.29, 0.717) is 5.69 Å². The van der Waals surface area contributed by atoms with Crippen molar-refractivity contribution in [1.82, 2.24) is 9.97 Å². The minimum absolute atomic E-state index is 0.0622. The molecule has 0 aliphatic carbocycles. The van der Waals surface area contributed by atoms with Crippen LogP contribution in [0.3, 0.4) is 0 Å². The third kappa shape index (κ3) is 2.21. The number of anilines is 1. The molecule has 0 aliphatic rings. The van der Waals surface area contributed by atoms with Gasteiger partial charge >= 0.3 is 0 Å². The van der Waals surface area contributed by atoms with Gasteiger partial charge < -0.3 is 15.4 Å². The molecule has 0 spiro atoms. The lowest BCUT2D eigenvalue weighted by Gasteiger charge is -2.03. The molecule has 3 rings (SSSR count). The highest BCUT2D eigenvalue weighted by Gasteiger charge is 2.12. The molecule has 100 valence electrons. The Morgan fingerprint density at radius 3 is 2.95 bits per heavy atom. The first-order valence-electron chi connectivity index (χ1n) is 6.18. The fourth-order valence-electron chi connectivity index (χ4n) is 2.03. The number of hydrogen-bond donors (Lipinski definition) is 3. The number of rotatable bonds is 2. The smallest absolute Gasteiger partial charge is 0.273 e. The van der Waals surface area contributed by atoms with Crippen LogP contribution < -0.4 is 5.32 Å². The minimum atomic E-state index is -0.340. The fourth-order valence-corrected chi connectivity index (χ4v) is 2.03. The normalized spacial score (nSPS) is 10.7. The van der Waals surface area contributed by atoms with Gasteiger partial charge in [-0.25, -0.2) is 4.98 Å². The standard InChI is InChI=1S/C15H13N3O2/c1-9-4-5-10-8-12(17-11(10)7-9)15(20)18-14-13(19)3-2-6-16-14/h2-8,17,19H,1H3,(H,16,18,20). The van der Waals surface area contributed by atoms with E-state index in [1.165, 1.54) is 12.3 Å². The number of carbonyl (C=O) groups is 1. The van der Waals surface area contributed by atoms with Gasteiger partial charge in [0.1, 0.15) is 5.69 Å². The topological polar surface area (TPSA) is 78.0 Å². The van der Waals surface area contributed by atoms with Gasteiger partial charge in [-0.1, -0.05) is 12.1 Å². The van der Waals surface area contributed by atoms with Crippen LogP contribution in [0.15, 0.2) is 42.6 Å². The second-order valence-electron chi connectivity index (χ2n) is 4.60. The second kappa shape index (κ2) is 4.70. The number of aromatic nitrogens is 2. The maximum absolute atomic E-state index is 12.1. The van der Waals surface area contributed by atoms with Gasteiger partial charge in [0.05, 0.1) is 0 Å². The Labute approximate surface area is 115 Å². The third-order valence-corrected chi connectivity index (χ3v) is 3.04. The van der Waals surface area contributed by atoms with Crippen molar-refractivity contribution in [2.45, 2.75) is 6.92 Å². The van der Waals surface area contributed by atoms with Crippen molar-refractivity contribution in [2.24, 2.45) is 0 Å². The molecule has 0 bridgehead atoms. The molecule has 2 aromatic heterocycles. The SMILES string of the molecule is Cc1ccc2cc(C(=O)Nc3ncccc3O)[nH]c2c1. The molecule has 2 heterocycles. The van der Waals surface area contributed by atoms with Crippen LogP contribution in [-0.2, 0) is 0 Å². The van der Waals surface area contributed by atoms with E-state index in [-0.39, 0.29) is 17.5 Å². The number of fused-ring (bicyclic) bond motifs is 1. The molecule has 20 heavy (non-hydrogen) atoms. The summed E-state index contributed by atoms with van der Waals surface area (Å²) in [5.74, 6) is -0.256. The molecule has 0 aliphatic heterocycles. The Kier molecular flexibility index (Phi) is 2.87. The number of H-pyrrole nitrogens is 1. The van der Waals surface area contributed by atoms with Crippen molar-refractivity contribution in [3.8, 4) is 5.75 Å². The minimum Gasteiger partial charge on any atom is -0.504 e. The van der Waals surface area contributed by atoms with Gasteiger partial charge in [-0.2, -0.15) is 0 Å².